The van der Waals surface area contributed by atoms with E-state index < -0.39 is 5.72 Å². The number of hydrogen-bond donors (Lipinski definition) is 2. The molecule has 0 amide bonds. The maximum atomic E-state index is 8.54. The first-order valence-electron chi connectivity index (χ1n) is 1.87. The third-order valence-electron chi connectivity index (χ3n) is 0.506. The molecule has 0 aliphatic rings. The summed E-state index contributed by atoms with van der Waals surface area (Å²) >= 11 is 0. The first-order valence-corrected chi connectivity index (χ1v) is 1.87. The molecule has 1 atom stereocenters. The van der Waals surface area contributed by atoms with Crippen molar-refractivity contribution in [3.63, 3.8) is 0 Å². The molecule has 0 saturated carbocycles. The molecule has 0 bridgehead atoms. The van der Waals surface area contributed by atoms with Crippen molar-refractivity contribution in [3.8, 4) is 0 Å². The molecule has 0 aromatic rings. The van der Waals surface area contributed by atoms with Gasteiger partial charge < -0.3 is 10.8 Å². The van der Waals surface area contributed by atoms with Crippen LogP contribution >= 0.6 is 0 Å². The Morgan fingerprint density at radius 2 is 2.17 bits per heavy atom. The van der Waals surface area contributed by atoms with Crippen LogP contribution in [0.5, 0.6) is 0 Å². The minimum absolute atomic E-state index is 0.354. The van der Waals surface area contributed by atoms with Crippen molar-refractivity contribution < 1.29 is 5.11 Å². The summed E-state index contributed by atoms with van der Waals surface area (Å²) in [4.78, 5) is 0. The Kier molecular flexibility index (Phi) is 1.56. The normalized spacial score (nSPS) is 20.0. The van der Waals surface area contributed by atoms with Crippen LogP contribution in [0.4, 0.5) is 0 Å². The van der Waals surface area contributed by atoms with Gasteiger partial charge in [-0.15, -0.1) is 0 Å². The van der Waals surface area contributed by atoms with Gasteiger partial charge in [-0.1, -0.05) is 0 Å². The van der Waals surface area contributed by atoms with Gasteiger partial charge in [0.2, 0.25) is 0 Å². The molecular formula is C4H10NO. The van der Waals surface area contributed by atoms with E-state index in [9.17, 15) is 0 Å². The van der Waals surface area contributed by atoms with Gasteiger partial charge in [-0.3, -0.25) is 0 Å². The molecule has 0 rings (SSSR count). The van der Waals surface area contributed by atoms with Gasteiger partial charge >= 0.3 is 0 Å². The molecule has 6 heavy (non-hydrogen) atoms. The minimum atomic E-state index is -1.07. The van der Waals surface area contributed by atoms with E-state index in [1.54, 1.807) is 0 Å². The topological polar surface area (TPSA) is 46.2 Å². The summed E-state index contributed by atoms with van der Waals surface area (Å²) in [5.74, 6) is 0. The SMILES string of the molecule is [CH2]CC(C)(N)O. The molecule has 1 radical (unpaired) electrons. The number of rotatable bonds is 1. The average Bonchev–Trinajstić information content (AvgIpc) is 1.35. The lowest BCUT2D eigenvalue weighted by atomic mass is 10.2. The van der Waals surface area contributed by atoms with Crippen LogP contribution in [-0.2, 0) is 0 Å². The minimum Gasteiger partial charge on any atom is -0.376 e. The number of aliphatic hydroxyl groups is 1. The molecule has 0 heterocycles. The Bertz CT molecular complexity index is 37.3. The van der Waals surface area contributed by atoms with Crippen LogP contribution in [-0.4, -0.2) is 10.8 Å². The number of nitrogens with two attached hydrogens (primary N) is 1. The largest absolute Gasteiger partial charge is 0.376 e. The van der Waals surface area contributed by atoms with Gasteiger partial charge in [0.05, 0.1) is 0 Å². The van der Waals surface area contributed by atoms with Crippen LogP contribution in [0, 0.1) is 6.92 Å². The molecule has 0 spiro atoms. The second-order valence-electron chi connectivity index (χ2n) is 1.61. The highest BCUT2D eigenvalue weighted by Crippen LogP contribution is 1.94. The molecule has 37 valence electrons. The molecule has 0 saturated heterocycles. The van der Waals surface area contributed by atoms with Crippen LogP contribution < -0.4 is 5.73 Å². The zero-order valence-electron chi connectivity index (χ0n) is 3.94. The molecule has 2 heteroatoms. The van der Waals surface area contributed by atoms with Crippen LogP contribution in [0.25, 0.3) is 0 Å². The highest BCUT2D eigenvalue weighted by atomic mass is 16.3. The summed E-state index contributed by atoms with van der Waals surface area (Å²) < 4.78 is 0. The second-order valence-corrected chi connectivity index (χ2v) is 1.61. The second kappa shape index (κ2) is 1.58. The van der Waals surface area contributed by atoms with Gasteiger partial charge in [-0.25, -0.2) is 0 Å². The Labute approximate surface area is 38.0 Å². The molecule has 1 unspecified atom stereocenters. The average molecular weight is 88.1 g/mol. The predicted molar refractivity (Wildman–Crippen MR) is 24.8 cm³/mol. The van der Waals surface area contributed by atoms with Gasteiger partial charge in [-0.05, 0) is 20.3 Å². The van der Waals surface area contributed by atoms with Crippen molar-refractivity contribution >= 4 is 0 Å². The van der Waals surface area contributed by atoms with E-state index in [-0.39, 0.29) is 0 Å². The summed E-state index contributed by atoms with van der Waals surface area (Å²) in [5.41, 5.74) is 3.96. The van der Waals surface area contributed by atoms with E-state index in [1.807, 2.05) is 0 Å². The third-order valence-corrected chi connectivity index (χ3v) is 0.506. The summed E-state index contributed by atoms with van der Waals surface area (Å²) in [6.07, 6.45) is 0.354. The lowest BCUT2D eigenvalue weighted by Crippen LogP contribution is -2.34. The molecular weight excluding hydrogens is 78.0 g/mol. The summed E-state index contributed by atoms with van der Waals surface area (Å²) in [6.45, 7) is 4.90. The maximum absolute atomic E-state index is 8.54. The molecule has 0 aliphatic carbocycles. The fourth-order valence-electron chi connectivity index (χ4n) is 0. The van der Waals surface area contributed by atoms with Gasteiger partial charge in [-0.2, -0.15) is 0 Å². The van der Waals surface area contributed by atoms with Gasteiger partial charge in [0.1, 0.15) is 5.72 Å². The first-order chi connectivity index (χ1) is 2.56. The fourth-order valence-corrected chi connectivity index (χ4v) is 0. The maximum Gasteiger partial charge on any atom is 0.110 e. The zero-order chi connectivity index (χ0) is 5.21. The van der Waals surface area contributed by atoms with Crippen molar-refractivity contribution in [2.24, 2.45) is 5.73 Å². The zero-order valence-corrected chi connectivity index (χ0v) is 3.94. The van der Waals surface area contributed by atoms with Crippen LogP contribution in [0.2, 0.25) is 0 Å². The number of hydrogen-bond acceptors (Lipinski definition) is 2. The molecule has 0 aromatic heterocycles. The third kappa shape index (κ3) is 3.92. The summed E-state index contributed by atoms with van der Waals surface area (Å²) in [5, 5.41) is 8.54. The first kappa shape index (κ1) is 5.92. The van der Waals surface area contributed by atoms with Crippen molar-refractivity contribution in [2.45, 2.75) is 19.1 Å². The van der Waals surface area contributed by atoms with Crippen molar-refractivity contribution in [2.75, 3.05) is 0 Å². The monoisotopic (exact) mass is 88.1 g/mol. The summed E-state index contributed by atoms with van der Waals surface area (Å²) in [6, 6.07) is 0. The highest BCUT2D eigenvalue weighted by molar-refractivity contribution is 4.62. The van der Waals surface area contributed by atoms with Crippen LogP contribution in [0.15, 0.2) is 0 Å². The Morgan fingerprint density at radius 1 is 2.00 bits per heavy atom. The summed E-state index contributed by atoms with van der Waals surface area (Å²) in [7, 11) is 0. The lowest BCUT2D eigenvalue weighted by Gasteiger charge is -2.11. The Morgan fingerprint density at radius 3 is 2.17 bits per heavy atom. The Balaban J connectivity index is 3.17. The quantitative estimate of drug-likeness (QED) is 0.439. The highest BCUT2D eigenvalue weighted by Gasteiger charge is 2.06. The van der Waals surface area contributed by atoms with E-state index in [2.05, 4.69) is 6.92 Å². The predicted octanol–water partition coefficient (Wildman–Crippen LogP) is -0.122. The molecule has 2 nitrogen and oxygen atoms in total. The van der Waals surface area contributed by atoms with Crippen molar-refractivity contribution in [1.29, 1.82) is 0 Å². The molecule has 0 aromatic carbocycles. The molecule has 3 N–H and O–H groups in total. The van der Waals surface area contributed by atoms with E-state index in [1.165, 1.54) is 6.92 Å². The van der Waals surface area contributed by atoms with E-state index in [0.29, 0.717) is 6.42 Å². The van der Waals surface area contributed by atoms with Crippen molar-refractivity contribution in [3.05, 3.63) is 6.92 Å². The van der Waals surface area contributed by atoms with Crippen LogP contribution in [0.3, 0.4) is 0 Å². The van der Waals surface area contributed by atoms with E-state index in [0.717, 1.165) is 0 Å². The van der Waals surface area contributed by atoms with Gasteiger partial charge in [0.15, 0.2) is 0 Å². The smallest absolute Gasteiger partial charge is 0.110 e. The fraction of sp³-hybridized carbons (Fsp3) is 0.750. The van der Waals surface area contributed by atoms with Crippen molar-refractivity contribution in [1.82, 2.24) is 0 Å². The van der Waals surface area contributed by atoms with Crippen LogP contribution in [0.1, 0.15) is 13.3 Å². The molecule has 0 aliphatic heterocycles. The molecule has 0 fully saturated rings. The van der Waals surface area contributed by atoms with E-state index in [4.69, 9.17) is 10.8 Å². The van der Waals surface area contributed by atoms with E-state index >= 15 is 0 Å². The standard InChI is InChI=1S/C4H10NO/c1-3-4(2,5)6/h6H,1,3,5H2,2H3. The van der Waals surface area contributed by atoms with Gasteiger partial charge in [0.25, 0.3) is 0 Å². The van der Waals surface area contributed by atoms with Gasteiger partial charge in [0, 0.05) is 0 Å². The lowest BCUT2D eigenvalue weighted by molar-refractivity contribution is 0.0698. The Hall–Kier alpha value is -0.0800.